The molecule has 0 radical (unpaired) electrons. The monoisotopic (exact) mass is 584 g/mol. The van der Waals surface area contributed by atoms with Crippen LogP contribution in [0, 0.1) is 71.0 Å². The Balaban J connectivity index is 1.20. The zero-order chi connectivity index (χ0) is 28.1. The SMILES string of the molecule is CC1CC(CP(C2C3CC4CC(C3)CC2C4)C2C3CC4CC(C3)CC2C4)C(CP(C(C)(C)C)C(C)(C)C)CC1C. The largest absolute Gasteiger partial charge is 0.0989 e. The van der Waals surface area contributed by atoms with Crippen LogP contribution in [0.2, 0.25) is 0 Å². The Morgan fingerprint density at radius 1 is 0.450 bits per heavy atom. The minimum atomic E-state index is 0.00819. The predicted octanol–water partition coefficient (Wildman–Crippen LogP) is 11.5. The Labute approximate surface area is 252 Å². The molecule has 0 nitrogen and oxygen atoms in total. The summed E-state index contributed by atoms with van der Waals surface area (Å²) < 4.78 is 0. The summed E-state index contributed by atoms with van der Waals surface area (Å²) in [6.07, 6.45) is 22.9. The molecule has 4 atom stereocenters. The van der Waals surface area contributed by atoms with Gasteiger partial charge in [-0.1, -0.05) is 71.2 Å². The molecule has 9 aliphatic rings. The van der Waals surface area contributed by atoms with Gasteiger partial charge in [-0.25, -0.2) is 0 Å². The summed E-state index contributed by atoms with van der Waals surface area (Å²) in [5.41, 5.74) is 2.37. The third-order valence-electron chi connectivity index (χ3n) is 14.6. The van der Waals surface area contributed by atoms with Gasteiger partial charge in [0.25, 0.3) is 0 Å². The van der Waals surface area contributed by atoms with Crippen LogP contribution in [-0.4, -0.2) is 34.0 Å². The minimum Gasteiger partial charge on any atom is -0.0989 e. The quantitative estimate of drug-likeness (QED) is 0.272. The lowest BCUT2D eigenvalue weighted by molar-refractivity contribution is 0.0125. The molecule has 9 fully saturated rings. The van der Waals surface area contributed by atoms with Crippen LogP contribution in [-0.2, 0) is 0 Å². The summed E-state index contributed by atoms with van der Waals surface area (Å²) in [5.74, 6) is 13.1. The van der Waals surface area contributed by atoms with E-state index in [0.29, 0.717) is 10.3 Å². The van der Waals surface area contributed by atoms with E-state index in [1.807, 2.05) is 0 Å². The van der Waals surface area contributed by atoms with E-state index >= 15 is 0 Å². The van der Waals surface area contributed by atoms with E-state index in [1.165, 1.54) is 11.3 Å². The van der Waals surface area contributed by atoms with Crippen LogP contribution < -0.4 is 0 Å². The van der Waals surface area contributed by atoms with E-state index < -0.39 is 0 Å². The summed E-state index contributed by atoms with van der Waals surface area (Å²) >= 11 is 0. The van der Waals surface area contributed by atoms with Crippen LogP contribution in [0.5, 0.6) is 0 Å². The van der Waals surface area contributed by atoms with Crippen LogP contribution in [0.3, 0.4) is 0 Å². The Kier molecular flexibility index (Phi) is 7.94. The van der Waals surface area contributed by atoms with Gasteiger partial charge >= 0.3 is 0 Å². The number of rotatable bonds is 6. The van der Waals surface area contributed by atoms with Crippen molar-refractivity contribution in [1.82, 2.24) is 0 Å². The molecule has 40 heavy (non-hydrogen) atoms. The van der Waals surface area contributed by atoms with E-state index in [9.17, 15) is 0 Å². The lowest BCUT2D eigenvalue weighted by Gasteiger charge is -2.63. The highest BCUT2D eigenvalue weighted by atomic mass is 31.1. The third-order valence-corrected chi connectivity index (χ3v) is 22.8. The zero-order valence-corrected chi connectivity index (χ0v) is 29.7. The molecule has 0 N–H and O–H groups in total. The molecule has 228 valence electrons. The van der Waals surface area contributed by atoms with Gasteiger partial charge in [-0.2, -0.15) is 0 Å². The number of hydrogen-bond acceptors (Lipinski definition) is 0. The van der Waals surface area contributed by atoms with Crippen molar-refractivity contribution in [3.63, 3.8) is 0 Å². The first-order chi connectivity index (χ1) is 18.8. The molecule has 4 unspecified atom stereocenters. The molecule has 9 saturated carbocycles. The second-order valence-electron chi connectivity index (χ2n) is 19.4. The summed E-state index contributed by atoms with van der Waals surface area (Å²) in [5, 5.41) is 0.941. The number of hydrogen-bond donors (Lipinski definition) is 0. The van der Waals surface area contributed by atoms with Gasteiger partial charge in [0.05, 0.1) is 0 Å². The van der Waals surface area contributed by atoms with Crippen molar-refractivity contribution >= 4 is 15.8 Å². The molecule has 2 heteroatoms. The molecule has 0 aromatic rings. The summed E-state index contributed by atoms with van der Waals surface area (Å²) in [4.78, 5) is 0. The van der Waals surface area contributed by atoms with Crippen LogP contribution in [0.1, 0.15) is 132 Å². The average molecular weight is 585 g/mol. The maximum absolute atomic E-state index is 2.65. The average Bonchev–Trinajstić information content (AvgIpc) is 2.82. The Morgan fingerprint density at radius 2 is 0.775 bits per heavy atom. The zero-order valence-electron chi connectivity index (χ0n) is 27.9. The van der Waals surface area contributed by atoms with Crippen molar-refractivity contribution < 1.29 is 0 Å². The highest BCUT2D eigenvalue weighted by Gasteiger charge is 2.57. The van der Waals surface area contributed by atoms with Gasteiger partial charge in [0.15, 0.2) is 0 Å². The molecule has 0 aliphatic heterocycles. The Morgan fingerprint density at radius 3 is 1.10 bits per heavy atom. The Hall–Kier alpha value is 0.860. The van der Waals surface area contributed by atoms with Crippen molar-refractivity contribution in [3.05, 3.63) is 0 Å². The standard InChI is InChI=1S/C38H66P2/c1-23-9-33(34(10-24(23)2)22-40(37(3,4)5)38(6,7)8)21-39(35-29-13-25-11-26(15-29)16-30(35)14-25)36-31-17-27-12-28(19-31)20-32(36)18-27/h23-36H,9-22H2,1-8H3. The smallest absolute Gasteiger partial charge is 0.0149 e. The topological polar surface area (TPSA) is 0 Å². The second-order valence-corrected chi connectivity index (χ2v) is 25.9. The lowest BCUT2D eigenvalue weighted by atomic mass is 9.55. The van der Waals surface area contributed by atoms with Gasteiger partial charge in [-0.05, 0) is 182 Å². The molecule has 9 rings (SSSR count). The van der Waals surface area contributed by atoms with Crippen molar-refractivity contribution in [1.29, 1.82) is 0 Å². The van der Waals surface area contributed by atoms with E-state index in [-0.39, 0.29) is 15.8 Å². The second kappa shape index (κ2) is 10.7. The van der Waals surface area contributed by atoms with Gasteiger partial charge in [-0.3, -0.25) is 0 Å². The fourth-order valence-corrected chi connectivity index (χ4v) is 22.7. The lowest BCUT2D eigenvalue weighted by Crippen LogP contribution is -2.53. The summed E-state index contributed by atoms with van der Waals surface area (Å²) in [6, 6.07) is 0. The molecule has 0 amide bonds. The first-order valence-corrected chi connectivity index (χ1v) is 21.6. The molecular formula is C38H66P2. The molecule has 0 heterocycles. The molecule has 8 bridgehead atoms. The molecule has 0 aromatic heterocycles. The van der Waals surface area contributed by atoms with Crippen molar-refractivity contribution in [2.24, 2.45) is 71.0 Å². The maximum Gasteiger partial charge on any atom is -0.0149 e. The van der Waals surface area contributed by atoms with Crippen LogP contribution in [0.15, 0.2) is 0 Å². The van der Waals surface area contributed by atoms with Crippen LogP contribution >= 0.6 is 15.8 Å². The first kappa shape index (κ1) is 29.6. The summed E-state index contributed by atoms with van der Waals surface area (Å²) in [6.45, 7) is 20.8. The van der Waals surface area contributed by atoms with Crippen molar-refractivity contribution in [2.75, 3.05) is 12.3 Å². The van der Waals surface area contributed by atoms with E-state index in [2.05, 4.69) is 55.4 Å². The van der Waals surface area contributed by atoms with E-state index in [0.717, 1.165) is 71.0 Å². The molecule has 9 aliphatic carbocycles. The fourth-order valence-electron chi connectivity index (χ4n) is 13.6. The van der Waals surface area contributed by atoms with Crippen LogP contribution in [0.25, 0.3) is 0 Å². The normalized spacial score (nSPS) is 50.6. The minimum absolute atomic E-state index is 0.00819. The highest BCUT2D eigenvalue weighted by molar-refractivity contribution is 7.61. The Bertz CT molecular complexity index is 795. The molecular weight excluding hydrogens is 518 g/mol. The van der Waals surface area contributed by atoms with Gasteiger partial charge < -0.3 is 0 Å². The van der Waals surface area contributed by atoms with Gasteiger partial charge in [0.2, 0.25) is 0 Å². The maximum atomic E-state index is 2.65. The fraction of sp³-hybridized carbons (Fsp3) is 1.00. The van der Waals surface area contributed by atoms with Gasteiger partial charge in [0, 0.05) is 0 Å². The summed E-state index contributed by atoms with van der Waals surface area (Å²) in [7, 11) is 0.191. The highest BCUT2D eigenvalue weighted by Crippen LogP contribution is 2.72. The van der Waals surface area contributed by atoms with Crippen molar-refractivity contribution in [2.45, 2.75) is 154 Å². The van der Waals surface area contributed by atoms with Crippen LogP contribution in [0.4, 0.5) is 0 Å². The third kappa shape index (κ3) is 5.48. The molecule has 0 spiro atoms. The van der Waals surface area contributed by atoms with Crippen molar-refractivity contribution in [3.8, 4) is 0 Å². The van der Waals surface area contributed by atoms with Gasteiger partial charge in [-0.15, -0.1) is 0 Å². The molecule has 0 aromatic carbocycles. The van der Waals surface area contributed by atoms with Gasteiger partial charge in [0.1, 0.15) is 0 Å². The first-order valence-electron chi connectivity index (χ1n) is 18.4. The molecule has 0 saturated heterocycles. The van der Waals surface area contributed by atoms with E-state index in [1.54, 1.807) is 89.4 Å². The predicted molar refractivity (Wildman–Crippen MR) is 179 cm³/mol. The van der Waals surface area contributed by atoms with E-state index in [4.69, 9.17) is 0 Å².